The molecule has 4 heteroatoms. The Kier molecular flexibility index (Phi) is 8.72. The Bertz CT molecular complexity index is 296. The van der Waals surface area contributed by atoms with Gasteiger partial charge in [0, 0.05) is 0 Å². The van der Waals surface area contributed by atoms with Crippen molar-refractivity contribution in [1.29, 1.82) is 0 Å². The molecule has 3 nitrogen and oxygen atoms in total. The van der Waals surface area contributed by atoms with E-state index in [1.807, 2.05) is 36.4 Å². The third kappa shape index (κ3) is 9.18. The van der Waals surface area contributed by atoms with Crippen molar-refractivity contribution in [3.63, 3.8) is 0 Å². The number of rotatable bonds is 3. The van der Waals surface area contributed by atoms with Gasteiger partial charge in [0.15, 0.2) is 0 Å². The fourth-order valence-electron chi connectivity index (χ4n) is 0.753. The summed E-state index contributed by atoms with van der Waals surface area (Å²) in [7, 11) is 0. The van der Waals surface area contributed by atoms with Gasteiger partial charge in [0.2, 0.25) is 0 Å². The Morgan fingerprint density at radius 1 is 1.33 bits per heavy atom. The van der Waals surface area contributed by atoms with Crippen molar-refractivity contribution >= 4 is 28.0 Å². The van der Waals surface area contributed by atoms with E-state index >= 15 is 0 Å². The number of alkyl halides is 1. The molecule has 1 aromatic rings. The van der Waals surface area contributed by atoms with Gasteiger partial charge < -0.3 is 10.2 Å². The maximum Gasteiger partial charge on any atom is 0.314 e. The van der Waals surface area contributed by atoms with Crippen LogP contribution in [0.25, 0.3) is 6.08 Å². The minimum Gasteiger partial charge on any atom is -0.481 e. The number of carboxylic acids is 1. The van der Waals surface area contributed by atoms with Crippen LogP contribution >= 0.6 is 15.9 Å². The Morgan fingerprint density at radius 2 is 1.87 bits per heavy atom. The minimum atomic E-state index is -0.829. The van der Waals surface area contributed by atoms with Gasteiger partial charge in [-0.1, -0.05) is 58.4 Å². The van der Waals surface area contributed by atoms with Crippen LogP contribution in [0.5, 0.6) is 0 Å². The molecular weight excluding hydrogens is 260 g/mol. The number of hydrogen-bond acceptors (Lipinski definition) is 2. The lowest BCUT2D eigenvalue weighted by Gasteiger charge is -1.88. The third-order valence-corrected chi connectivity index (χ3v) is 1.81. The molecule has 0 spiro atoms. The molecule has 2 N–H and O–H groups in total. The molecule has 0 radical (unpaired) electrons. The monoisotopic (exact) mass is 272 g/mol. The zero-order chi connectivity index (χ0) is 11.5. The predicted molar refractivity (Wildman–Crippen MR) is 64.0 cm³/mol. The summed E-state index contributed by atoms with van der Waals surface area (Å²) < 4.78 is 0. The Balaban J connectivity index is 0.000000336. The number of hydrogen-bond donors (Lipinski definition) is 2. The van der Waals surface area contributed by atoms with Gasteiger partial charge in [-0.3, -0.25) is 4.79 Å². The summed E-state index contributed by atoms with van der Waals surface area (Å²) in [5.41, 5.74) is 1.12. The van der Waals surface area contributed by atoms with Crippen molar-refractivity contribution in [2.45, 2.75) is 0 Å². The highest BCUT2D eigenvalue weighted by atomic mass is 79.9. The van der Waals surface area contributed by atoms with E-state index in [1.165, 1.54) is 0 Å². The van der Waals surface area contributed by atoms with E-state index in [9.17, 15) is 4.79 Å². The summed E-state index contributed by atoms with van der Waals surface area (Å²) >= 11 is 2.71. The minimum absolute atomic E-state index is 0.0347. The van der Waals surface area contributed by atoms with Crippen molar-refractivity contribution in [3.05, 3.63) is 42.0 Å². The lowest BCUT2D eigenvalue weighted by Crippen LogP contribution is -1.92. The first-order chi connectivity index (χ1) is 7.20. The number of carbonyl (C=O) groups is 1. The van der Waals surface area contributed by atoms with E-state index in [4.69, 9.17) is 10.2 Å². The van der Waals surface area contributed by atoms with E-state index in [0.29, 0.717) is 0 Å². The maximum absolute atomic E-state index is 9.32. The topological polar surface area (TPSA) is 57.5 Å². The number of benzene rings is 1. The summed E-state index contributed by atoms with van der Waals surface area (Å²) in [4.78, 5) is 9.32. The van der Waals surface area contributed by atoms with Crippen molar-refractivity contribution in [3.8, 4) is 0 Å². The van der Waals surface area contributed by atoms with Crippen molar-refractivity contribution in [1.82, 2.24) is 0 Å². The molecule has 15 heavy (non-hydrogen) atoms. The lowest BCUT2D eigenvalue weighted by atomic mass is 10.2. The molecule has 1 aromatic carbocycles. The molecule has 1 rings (SSSR count). The predicted octanol–water partition coefficient (Wildman–Crippen LogP) is 2.16. The highest BCUT2D eigenvalue weighted by Crippen LogP contribution is 1.99. The second kappa shape index (κ2) is 9.43. The van der Waals surface area contributed by atoms with Gasteiger partial charge in [-0.2, -0.15) is 0 Å². The summed E-state index contributed by atoms with van der Waals surface area (Å²) in [5.74, 6) is -0.829. The molecule has 0 amide bonds. The summed E-state index contributed by atoms with van der Waals surface area (Å²) in [5, 5.41) is 16.2. The molecule has 0 heterocycles. The van der Waals surface area contributed by atoms with E-state index in [1.54, 1.807) is 6.08 Å². The molecule has 0 saturated heterocycles. The smallest absolute Gasteiger partial charge is 0.314 e. The summed E-state index contributed by atoms with van der Waals surface area (Å²) in [6.45, 7) is 0.106. The molecule has 0 aliphatic rings. The van der Waals surface area contributed by atoms with Crippen LogP contribution in [0.4, 0.5) is 0 Å². The molecule has 0 aromatic heterocycles. The van der Waals surface area contributed by atoms with Crippen LogP contribution in [-0.2, 0) is 4.79 Å². The average molecular weight is 273 g/mol. The average Bonchev–Trinajstić information content (AvgIpc) is 2.28. The van der Waals surface area contributed by atoms with E-state index in [-0.39, 0.29) is 11.9 Å². The van der Waals surface area contributed by atoms with E-state index in [0.717, 1.165) is 5.56 Å². The first kappa shape index (κ1) is 13.9. The number of carboxylic acid groups (broad SMARTS) is 1. The van der Waals surface area contributed by atoms with E-state index < -0.39 is 5.97 Å². The lowest BCUT2D eigenvalue weighted by molar-refractivity contribution is -0.133. The SMILES string of the molecule is O=C(O)CBr.OCC=Cc1ccccc1. The first-order valence-electron chi connectivity index (χ1n) is 4.31. The molecule has 0 atom stereocenters. The van der Waals surface area contributed by atoms with Gasteiger partial charge in [0.25, 0.3) is 0 Å². The Labute approximate surface area is 97.2 Å². The van der Waals surface area contributed by atoms with Crippen LogP contribution in [-0.4, -0.2) is 28.1 Å². The van der Waals surface area contributed by atoms with Gasteiger partial charge >= 0.3 is 5.97 Å². The molecule has 0 fully saturated rings. The quantitative estimate of drug-likeness (QED) is 0.830. The van der Waals surface area contributed by atoms with Gasteiger partial charge in [-0.05, 0) is 5.56 Å². The van der Waals surface area contributed by atoms with Crippen LogP contribution in [0.1, 0.15) is 5.56 Å². The maximum atomic E-state index is 9.32. The number of aliphatic hydroxyl groups is 1. The number of halogens is 1. The third-order valence-electron chi connectivity index (χ3n) is 1.33. The largest absolute Gasteiger partial charge is 0.481 e. The molecule has 82 valence electrons. The van der Waals surface area contributed by atoms with Crippen LogP contribution < -0.4 is 0 Å². The second-order valence-electron chi connectivity index (χ2n) is 2.52. The van der Waals surface area contributed by atoms with Crippen LogP contribution in [0.2, 0.25) is 0 Å². The van der Waals surface area contributed by atoms with E-state index in [2.05, 4.69) is 15.9 Å². The molecule has 0 bridgehead atoms. The molecule has 0 saturated carbocycles. The zero-order valence-corrected chi connectivity index (χ0v) is 9.72. The fourth-order valence-corrected chi connectivity index (χ4v) is 0.753. The summed E-state index contributed by atoms with van der Waals surface area (Å²) in [6, 6.07) is 9.89. The van der Waals surface area contributed by atoms with Crippen LogP contribution in [0.15, 0.2) is 36.4 Å². The fraction of sp³-hybridized carbons (Fsp3) is 0.182. The Morgan fingerprint density at radius 3 is 2.27 bits per heavy atom. The Hall–Kier alpha value is -1.13. The highest BCUT2D eigenvalue weighted by Gasteiger charge is 1.83. The first-order valence-corrected chi connectivity index (χ1v) is 5.43. The molecule has 0 unspecified atom stereocenters. The van der Waals surface area contributed by atoms with Gasteiger partial charge in [0.05, 0.1) is 6.61 Å². The van der Waals surface area contributed by atoms with Gasteiger partial charge in [-0.15, -0.1) is 0 Å². The van der Waals surface area contributed by atoms with Crippen LogP contribution in [0.3, 0.4) is 0 Å². The number of aliphatic hydroxyl groups excluding tert-OH is 1. The van der Waals surface area contributed by atoms with Crippen molar-refractivity contribution in [2.75, 3.05) is 11.9 Å². The highest BCUT2D eigenvalue weighted by molar-refractivity contribution is 9.09. The molecule has 0 aliphatic carbocycles. The van der Waals surface area contributed by atoms with Gasteiger partial charge in [-0.25, -0.2) is 0 Å². The normalized spacial score (nSPS) is 9.47. The number of aliphatic carboxylic acids is 1. The van der Waals surface area contributed by atoms with Crippen LogP contribution in [0, 0.1) is 0 Å². The van der Waals surface area contributed by atoms with Gasteiger partial charge in [0.1, 0.15) is 5.33 Å². The molecular formula is C11H13BrO3. The van der Waals surface area contributed by atoms with Crippen molar-refractivity contribution < 1.29 is 15.0 Å². The zero-order valence-electron chi connectivity index (χ0n) is 8.14. The van der Waals surface area contributed by atoms with Crippen molar-refractivity contribution in [2.24, 2.45) is 0 Å². The molecule has 0 aliphatic heterocycles. The second-order valence-corrected chi connectivity index (χ2v) is 3.08. The standard InChI is InChI=1S/C9H10O.C2H3BrO2/c10-8-4-7-9-5-2-1-3-6-9;3-1-2(4)5/h1-7,10H,8H2;1H2,(H,4,5). The summed E-state index contributed by atoms with van der Waals surface area (Å²) in [6.07, 6.45) is 3.61.